The van der Waals surface area contributed by atoms with Crippen molar-refractivity contribution in [3.05, 3.63) is 36.4 Å². The molecule has 0 radical (unpaired) electrons. The fraction of sp³-hybridized carbons (Fsp3) is 0.267. The molecular weight excluding hydrogens is 282 g/mol. The molecule has 1 fully saturated rings. The van der Waals surface area contributed by atoms with Gasteiger partial charge in [-0.2, -0.15) is 10.4 Å². The van der Waals surface area contributed by atoms with E-state index in [1.165, 1.54) is 4.90 Å². The van der Waals surface area contributed by atoms with Gasteiger partial charge in [-0.1, -0.05) is 30.3 Å². The number of hydrogen-bond donors (Lipinski definition) is 2. The van der Waals surface area contributed by atoms with E-state index in [0.717, 1.165) is 11.3 Å². The third-order valence-corrected chi connectivity index (χ3v) is 3.41. The van der Waals surface area contributed by atoms with E-state index in [1.54, 1.807) is 6.07 Å². The van der Waals surface area contributed by atoms with Crippen molar-refractivity contribution >= 4 is 11.7 Å². The summed E-state index contributed by atoms with van der Waals surface area (Å²) in [6.07, 6.45) is 1.37. The number of nitrogens with one attached hydrogen (secondary N) is 2. The first-order valence-corrected chi connectivity index (χ1v) is 6.94. The van der Waals surface area contributed by atoms with E-state index in [0.29, 0.717) is 19.0 Å². The Bertz CT molecular complexity index is 691. The lowest BCUT2D eigenvalue weighted by molar-refractivity contribution is -0.131. The van der Waals surface area contributed by atoms with Crippen LogP contribution in [0.15, 0.2) is 36.4 Å². The molecule has 1 atom stereocenters. The van der Waals surface area contributed by atoms with Gasteiger partial charge in [0.2, 0.25) is 0 Å². The molecule has 1 amide bonds. The average molecular weight is 297 g/mol. The Morgan fingerprint density at radius 1 is 1.45 bits per heavy atom. The van der Waals surface area contributed by atoms with Crippen LogP contribution in [0.2, 0.25) is 0 Å². The van der Waals surface area contributed by atoms with Gasteiger partial charge in [0.15, 0.2) is 18.1 Å². The number of hydrogen-bond acceptors (Lipinski definition) is 5. The number of nitriles is 1. The smallest absolute Gasteiger partial charge is 0.256 e. The predicted octanol–water partition coefficient (Wildman–Crippen LogP) is 1.20. The Hall–Kier alpha value is -2.85. The first-order chi connectivity index (χ1) is 10.8. The molecular formula is C15H15N5O2. The lowest BCUT2D eigenvalue weighted by Gasteiger charge is -2.27. The summed E-state index contributed by atoms with van der Waals surface area (Å²) in [6.45, 7) is 1.14. The van der Waals surface area contributed by atoms with Crippen molar-refractivity contribution in [2.24, 2.45) is 0 Å². The van der Waals surface area contributed by atoms with E-state index in [2.05, 4.69) is 15.5 Å². The Kier molecular flexibility index (Phi) is 4.03. The summed E-state index contributed by atoms with van der Waals surface area (Å²) in [7, 11) is 0. The third kappa shape index (κ3) is 3.07. The van der Waals surface area contributed by atoms with Crippen LogP contribution in [0.4, 0.5) is 5.82 Å². The van der Waals surface area contributed by atoms with Crippen molar-refractivity contribution in [3.63, 3.8) is 0 Å². The molecule has 7 nitrogen and oxygen atoms in total. The number of aromatic amines is 1. The maximum atomic E-state index is 12.1. The molecule has 7 heteroatoms. The largest absolute Gasteiger partial charge is 0.365 e. The number of carbonyl (C=O) groups is 1. The van der Waals surface area contributed by atoms with E-state index in [4.69, 9.17) is 10.00 Å². The molecule has 0 bridgehead atoms. The second-order valence-corrected chi connectivity index (χ2v) is 4.93. The number of aromatic nitrogens is 2. The van der Waals surface area contributed by atoms with Gasteiger partial charge in [-0.05, 0) is 5.56 Å². The Morgan fingerprint density at radius 3 is 3.05 bits per heavy atom. The SMILES string of the molecule is N#CN1CCOC(C(=O)Nc2cc(-c3ccccc3)[nH]n2)C1. The second-order valence-electron chi connectivity index (χ2n) is 4.93. The highest BCUT2D eigenvalue weighted by Crippen LogP contribution is 2.19. The minimum Gasteiger partial charge on any atom is -0.365 e. The van der Waals surface area contributed by atoms with E-state index < -0.39 is 6.10 Å². The van der Waals surface area contributed by atoms with Crippen molar-refractivity contribution in [1.82, 2.24) is 15.1 Å². The average Bonchev–Trinajstić information content (AvgIpc) is 3.04. The third-order valence-electron chi connectivity index (χ3n) is 3.41. The number of morpholine rings is 1. The first-order valence-electron chi connectivity index (χ1n) is 6.94. The van der Waals surface area contributed by atoms with Gasteiger partial charge in [-0.15, -0.1) is 0 Å². The second kappa shape index (κ2) is 6.28. The van der Waals surface area contributed by atoms with Crippen LogP contribution < -0.4 is 5.32 Å². The highest BCUT2D eigenvalue weighted by molar-refractivity contribution is 5.94. The van der Waals surface area contributed by atoms with Gasteiger partial charge in [0.05, 0.1) is 25.4 Å². The summed E-state index contributed by atoms with van der Waals surface area (Å²) in [4.78, 5) is 13.7. The molecule has 0 saturated carbocycles. The van der Waals surface area contributed by atoms with Crippen molar-refractivity contribution in [2.45, 2.75) is 6.10 Å². The predicted molar refractivity (Wildman–Crippen MR) is 79.6 cm³/mol. The summed E-state index contributed by atoms with van der Waals surface area (Å²) in [5, 5.41) is 18.5. The number of amides is 1. The van der Waals surface area contributed by atoms with Crippen molar-refractivity contribution < 1.29 is 9.53 Å². The van der Waals surface area contributed by atoms with Gasteiger partial charge in [0.1, 0.15) is 0 Å². The molecule has 1 saturated heterocycles. The molecule has 0 spiro atoms. The van der Waals surface area contributed by atoms with Crippen LogP contribution in [0.25, 0.3) is 11.3 Å². The summed E-state index contributed by atoms with van der Waals surface area (Å²) < 4.78 is 5.39. The van der Waals surface area contributed by atoms with Crippen LogP contribution in [0.5, 0.6) is 0 Å². The maximum Gasteiger partial charge on any atom is 0.256 e. The number of H-pyrrole nitrogens is 1. The maximum absolute atomic E-state index is 12.1. The lowest BCUT2D eigenvalue weighted by atomic mass is 10.1. The molecule has 2 heterocycles. The monoisotopic (exact) mass is 297 g/mol. The molecule has 1 aliphatic heterocycles. The fourth-order valence-electron chi connectivity index (χ4n) is 2.26. The van der Waals surface area contributed by atoms with E-state index in [-0.39, 0.29) is 12.5 Å². The van der Waals surface area contributed by atoms with Gasteiger partial charge >= 0.3 is 0 Å². The number of nitrogens with zero attached hydrogens (tertiary/aromatic N) is 3. The minimum absolute atomic E-state index is 0.262. The summed E-state index contributed by atoms with van der Waals surface area (Å²) in [5.74, 6) is 0.132. The zero-order chi connectivity index (χ0) is 15.4. The molecule has 22 heavy (non-hydrogen) atoms. The minimum atomic E-state index is -0.662. The molecule has 0 aliphatic carbocycles. The Balaban J connectivity index is 1.65. The molecule has 1 unspecified atom stereocenters. The Labute approximate surface area is 127 Å². The molecule has 1 aromatic heterocycles. The fourth-order valence-corrected chi connectivity index (χ4v) is 2.26. The summed E-state index contributed by atoms with van der Waals surface area (Å²) >= 11 is 0. The first kappa shape index (κ1) is 14.1. The molecule has 1 aromatic carbocycles. The van der Waals surface area contributed by atoms with Crippen LogP contribution in [-0.4, -0.2) is 46.8 Å². The Morgan fingerprint density at radius 2 is 2.27 bits per heavy atom. The molecule has 2 N–H and O–H groups in total. The normalized spacial score (nSPS) is 17.8. The quantitative estimate of drug-likeness (QED) is 0.830. The molecule has 3 rings (SSSR count). The van der Waals surface area contributed by atoms with Crippen molar-refractivity contribution in [3.8, 4) is 17.5 Å². The standard InChI is InChI=1S/C15H15N5O2/c16-10-20-6-7-22-13(9-20)15(21)17-14-8-12(18-19-14)11-4-2-1-3-5-11/h1-5,8,13H,6-7,9H2,(H2,17,18,19,21). The van der Waals surface area contributed by atoms with Crippen LogP contribution in [0.3, 0.4) is 0 Å². The number of ether oxygens (including phenoxy) is 1. The molecule has 1 aliphatic rings. The zero-order valence-electron chi connectivity index (χ0n) is 11.8. The lowest BCUT2D eigenvalue weighted by Crippen LogP contribution is -2.46. The van der Waals surface area contributed by atoms with E-state index in [9.17, 15) is 4.79 Å². The number of carbonyl (C=O) groups excluding carboxylic acids is 1. The van der Waals surface area contributed by atoms with Gasteiger partial charge < -0.3 is 15.0 Å². The van der Waals surface area contributed by atoms with Crippen LogP contribution in [0.1, 0.15) is 0 Å². The topological polar surface area (TPSA) is 94.0 Å². The number of rotatable bonds is 3. The van der Waals surface area contributed by atoms with E-state index >= 15 is 0 Å². The zero-order valence-corrected chi connectivity index (χ0v) is 11.8. The molecule has 112 valence electrons. The highest BCUT2D eigenvalue weighted by atomic mass is 16.5. The molecule has 2 aromatic rings. The summed E-state index contributed by atoms with van der Waals surface area (Å²) in [5.41, 5.74) is 1.80. The van der Waals surface area contributed by atoms with Gasteiger partial charge in [0, 0.05) is 6.07 Å². The van der Waals surface area contributed by atoms with Crippen LogP contribution >= 0.6 is 0 Å². The highest BCUT2D eigenvalue weighted by Gasteiger charge is 2.26. The summed E-state index contributed by atoms with van der Waals surface area (Å²) in [6, 6.07) is 11.5. The number of anilines is 1. The van der Waals surface area contributed by atoms with Crippen molar-refractivity contribution in [2.75, 3.05) is 25.0 Å². The number of benzene rings is 1. The van der Waals surface area contributed by atoms with Gasteiger partial charge in [-0.25, -0.2) is 0 Å². The van der Waals surface area contributed by atoms with E-state index in [1.807, 2.05) is 36.5 Å². The van der Waals surface area contributed by atoms with Gasteiger partial charge in [0.25, 0.3) is 5.91 Å². The van der Waals surface area contributed by atoms with Crippen LogP contribution in [-0.2, 0) is 9.53 Å². The van der Waals surface area contributed by atoms with Crippen LogP contribution in [0, 0.1) is 11.5 Å². The van der Waals surface area contributed by atoms with Gasteiger partial charge in [-0.3, -0.25) is 9.89 Å². The van der Waals surface area contributed by atoms with Crippen molar-refractivity contribution in [1.29, 1.82) is 5.26 Å².